The lowest BCUT2D eigenvalue weighted by Gasteiger charge is -2.16. The van der Waals surface area contributed by atoms with Crippen LogP contribution in [0.5, 0.6) is 0 Å². The van der Waals surface area contributed by atoms with E-state index in [-0.39, 0.29) is 16.3 Å². The van der Waals surface area contributed by atoms with Crippen molar-refractivity contribution in [2.24, 2.45) is 5.73 Å². The largest absolute Gasteiger partial charge is 0.392 e. The molecule has 0 aliphatic heterocycles. The molecular formula is C11H15FN2O4S3. The number of thiocarbonyl (C=S) groups is 1. The molecule has 0 spiro atoms. The standard InChI is InChI=1S/C11H15FN2O4S3/c1-3-9(11(13)19)14-21(17,18)10-6-7(20(2,15)16)4-5-8(10)12/h4-6,9,14H,3H2,1-2H3,(H2,13,19). The molecule has 1 aromatic carbocycles. The average molecular weight is 354 g/mol. The maximum Gasteiger partial charge on any atom is 0.244 e. The van der Waals surface area contributed by atoms with Crippen LogP contribution < -0.4 is 10.5 Å². The van der Waals surface area contributed by atoms with E-state index in [0.29, 0.717) is 0 Å². The van der Waals surface area contributed by atoms with Gasteiger partial charge in [-0.25, -0.2) is 25.9 Å². The number of benzene rings is 1. The van der Waals surface area contributed by atoms with E-state index in [4.69, 9.17) is 18.0 Å². The fourth-order valence-corrected chi connectivity index (χ4v) is 3.94. The Morgan fingerprint density at radius 3 is 2.38 bits per heavy atom. The van der Waals surface area contributed by atoms with E-state index in [1.165, 1.54) is 0 Å². The quantitative estimate of drug-likeness (QED) is 0.571. The molecular weight excluding hydrogens is 339 g/mol. The molecule has 10 heteroatoms. The number of hydrogen-bond acceptors (Lipinski definition) is 5. The van der Waals surface area contributed by atoms with Crippen molar-refractivity contribution in [1.29, 1.82) is 0 Å². The minimum atomic E-state index is -4.29. The lowest BCUT2D eigenvalue weighted by atomic mass is 10.2. The Balaban J connectivity index is 3.35. The Morgan fingerprint density at radius 1 is 1.38 bits per heavy atom. The van der Waals surface area contributed by atoms with Crippen LogP contribution in [0.25, 0.3) is 0 Å². The highest BCUT2D eigenvalue weighted by molar-refractivity contribution is 7.91. The first kappa shape index (κ1) is 18.0. The maximum absolute atomic E-state index is 13.7. The second-order valence-corrected chi connectivity index (χ2v) is 8.52. The molecule has 1 atom stereocenters. The third kappa shape index (κ3) is 4.43. The van der Waals surface area contributed by atoms with Gasteiger partial charge in [0, 0.05) is 6.26 Å². The zero-order valence-corrected chi connectivity index (χ0v) is 13.8. The Morgan fingerprint density at radius 2 is 1.95 bits per heavy atom. The minimum absolute atomic E-state index is 0.0826. The minimum Gasteiger partial charge on any atom is -0.392 e. The van der Waals surface area contributed by atoms with Crippen molar-refractivity contribution in [2.45, 2.75) is 29.2 Å². The molecule has 0 saturated carbocycles. The summed E-state index contributed by atoms with van der Waals surface area (Å²) >= 11 is 4.71. The van der Waals surface area contributed by atoms with Crippen LogP contribution in [-0.4, -0.2) is 34.1 Å². The molecule has 1 rings (SSSR count). The van der Waals surface area contributed by atoms with Gasteiger partial charge in [0.15, 0.2) is 9.84 Å². The van der Waals surface area contributed by atoms with Gasteiger partial charge >= 0.3 is 0 Å². The van der Waals surface area contributed by atoms with Crippen molar-refractivity contribution in [3.8, 4) is 0 Å². The van der Waals surface area contributed by atoms with Gasteiger partial charge in [-0.3, -0.25) is 0 Å². The molecule has 0 aromatic heterocycles. The first-order valence-corrected chi connectivity index (χ1v) is 9.58. The summed E-state index contributed by atoms with van der Waals surface area (Å²) in [6.07, 6.45) is 1.18. The fraction of sp³-hybridized carbons (Fsp3) is 0.364. The highest BCUT2D eigenvalue weighted by atomic mass is 32.2. The second kappa shape index (κ2) is 6.34. The lowest BCUT2D eigenvalue weighted by molar-refractivity contribution is 0.549. The average Bonchev–Trinajstić information content (AvgIpc) is 2.34. The van der Waals surface area contributed by atoms with Crippen LogP contribution in [0.2, 0.25) is 0 Å². The SMILES string of the molecule is CCC(NS(=O)(=O)c1cc(S(C)(=O)=O)ccc1F)C(N)=S. The van der Waals surface area contributed by atoms with Gasteiger partial charge in [0.05, 0.1) is 15.9 Å². The summed E-state index contributed by atoms with van der Waals surface area (Å²) in [6, 6.07) is 1.70. The summed E-state index contributed by atoms with van der Waals surface area (Å²) in [5.41, 5.74) is 5.38. The third-order valence-electron chi connectivity index (χ3n) is 2.67. The van der Waals surface area contributed by atoms with Gasteiger partial charge in [-0.1, -0.05) is 19.1 Å². The summed E-state index contributed by atoms with van der Waals surface area (Å²) in [6.45, 7) is 1.65. The molecule has 0 aliphatic rings. The van der Waals surface area contributed by atoms with Gasteiger partial charge < -0.3 is 5.73 Å². The van der Waals surface area contributed by atoms with Crippen molar-refractivity contribution >= 4 is 37.1 Å². The number of nitrogens with two attached hydrogens (primary N) is 1. The van der Waals surface area contributed by atoms with Gasteiger partial charge in [0.25, 0.3) is 0 Å². The van der Waals surface area contributed by atoms with Crippen LogP contribution in [0, 0.1) is 5.82 Å². The van der Waals surface area contributed by atoms with E-state index in [0.717, 1.165) is 24.5 Å². The number of hydrogen-bond donors (Lipinski definition) is 2. The highest BCUT2D eigenvalue weighted by Gasteiger charge is 2.25. The topological polar surface area (TPSA) is 106 Å². The van der Waals surface area contributed by atoms with Crippen LogP contribution in [0.3, 0.4) is 0 Å². The lowest BCUT2D eigenvalue weighted by Crippen LogP contribution is -2.43. The normalized spacial score (nSPS) is 13.9. The van der Waals surface area contributed by atoms with E-state index < -0.39 is 36.6 Å². The molecule has 6 nitrogen and oxygen atoms in total. The Kier molecular flexibility index (Phi) is 5.42. The molecule has 0 amide bonds. The first-order valence-electron chi connectivity index (χ1n) is 5.80. The van der Waals surface area contributed by atoms with Crippen LogP contribution in [-0.2, 0) is 19.9 Å². The van der Waals surface area contributed by atoms with Crippen molar-refractivity contribution in [3.05, 3.63) is 24.0 Å². The number of sulfonamides is 1. The van der Waals surface area contributed by atoms with Gasteiger partial charge in [-0.2, -0.15) is 0 Å². The molecule has 21 heavy (non-hydrogen) atoms. The van der Waals surface area contributed by atoms with Crippen LogP contribution in [0.15, 0.2) is 28.0 Å². The van der Waals surface area contributed by atoms with Crippen molar-refractivity contribution in [2.75, 3.05) is 6.26 Å². The van der Waals surface area contributed by atoms with Crippen LogP contribution in [0.1, 0.15) is 13.3 Å². The molecule has 0 radical (unpaired) electrons. The van der Waals surface area contributed by atoms with E-state index in [1.54, 1.807) is 6.92 Å². The summed E-state index contributed by atoms with van der Waals surface area (Å²) < 4.78 is 63.0. The zero-order valence-electron chi connectivity index (χ0n) is 11.3. The van der Waals surface area contributed by atoms with E-state index in [1.807, 2.05) is 0 Å². The number of rotatable bonds is 6. The zero-order chi connectivity index (χ0) is 16.4. The number of nitrogens with one attached hydrogen (secondary N) is 1. The monoisotopic (exact) mass is 354 g/mol. The number of sulfone groups is 1. The van der Waals surface area contributed by atoms with Crippen molar-refractivity contribution < 1.29 is 21.2 Å². The van der Waals surface area contributed by atoms with Crippen LogP contribution >= 0.6 is 12.2 Å². The van der Waals surface area contributed by atoms with Crippen molar-refractivity contribution in [3.63, 3.8) is 0 Å². The molecule has 0 fully saturated rings. The fourth-order valence-electron chi connectivity index (χ4n) is 1.51. The van der Waals surface area contributed by atoms with E-state index in [2.05, 4.69) is 4.72 Å². The Bertz CT molecular complexity index is 760. The molecule has 0 heterocycles. The molecule has 118 valence electrons. The summed E-state index contributed by atoms with van der Waals surface area (Å²) in [7, 11) is -7.95. The maximum atomic E-state index is 13.7. The second-order valence-electron chi connectivity index (χ2n) is 4.35. The van der Waals surface area contributed by atoms with Gasteiger partial charge in [-0.15, -0.1) is 0 Å². The Labute approximate surface area is 128 Å². The summed E-state index contributed by atoms with van der Waals surface area (Å²) in [4.78, 5) is -1.14. The van der Waals surface area contributed by atoms with Crippen molar-refractivity contribution in [1.82, 2.24) is 4.72 Å². The molecule has 1 aromatic rings. The number of halogens is 1. The smallest absolute Gasteiger partial charge is 0.244 e. The highest BCUT2D eigenvalue weighted by Crippen LogP contribution is 2.20. The molecule has 0 aliphatic carbocycles. The van der Waals surface area contributed by atoms with E-state index in [9.17, 15) is 21.2 Å². The van der Waals surface area contributed by atoms with E-state index >= 15 is 0 Å². The molecule has 0 saturated heterocycles. The van der Waals surface area contributed by atoms with Gasteiger partial charge in [0.1, 0.15) is 10.7 Å². The first-order chi connectivity index (χ1) is 9.49. The molecule has 3 N–H and O–H groups in total. The summed E-state index contributed by atoms with van der Waals surface area (Å²) in [5.74, 6) is -1.06. The third-order valence-corrected chi connectivity index (χ3v) is 5.55. The molecule has 1 unspecified atom stereocenters. The van der Waals surface area contributed by atoms with Gasteiger partial charge in [0.2, 0.25) is 10.0 Å². The summed E-state index contributed by atoms with van der Waals surface area (Å²) in [5, 5.41) is 0. The van der Waals surface area contributed by atoms with Crippen LogP contribution in [0.4, 0.5) is 4.39 Å². The van der Waals surface area contributed by atoms with Gasteiger partial charge in [-0.05, 0) is 24.6 Å². The predicted molar refractivity (Wildman–Crippen MR) is 80.7 cm³/mol. The molecule has 0 bridgehead atoms. The predicted octanol–water partition coefficient (Wildman–Crippen LogP) is 0.572. The Hall–Kier alpha value is -1.10.